The molecule has 0 radical (unpaired) electrons. The van der Waals surface area contributed by atoms with E-state index in [2.05, 4.69) is 36.6 Å². The largest absolute Gasteiger partial charge is 0.461 e. The molecular weight excluding hydrogens is 348 g/mol. The van der Waals surface area contributed by atoms with Crippen LogP contribution in [-0.4, -0.2) is 27.3 Å². The average molecular weight is 369 g/mol. The summed E-state index contributed by atoms with van der Waals surface area (Å²) in [5, 5.41) is 8.17. The van der Waals surface area contributed by atoms with Gasteiger partial charge in [-0.25, -0.2) is 0 Å². The van der Waals surface area contributed by atoms with E-state index in [9.17, 15) is 0 Å². The third-order valence-corrected chi connectivity index (χ3v) is 5.95. The van der Waals surface area contributed by atoms with E-state index in [0.717, 1.165) is 59.9 Å². The highest BCUT2D eigenvalue weighted by Crippen LogP contribution is 2.37. The van der Waals surface area contributed by atoms with Crippen molar-refractivity contribution in [3.63, 3.8) is 0 Å². The van der Waals surface area contributed by atoms with E-state index < -0.39 is 0 Å². The second-order valence-corrected chi connectivity index (χ2v) is 7.79. The van der Waals surface area contributed by atoms with E-state index in [1.54, 1.807) is 11.8 Å². The minimum Gasteiger partial charge on any atom is -0.454 e. The minimum absolute atomic E-state index is 0.292. The van der Waals surface area contributed by atoms with E-state index in [4.69, 9.17) is 19.6 Å². The lowest BCUT2D eigenvalue weighted by Crippen LogP contribution is -2.40. The molecule has 0 bridgehead atoms. The third-order valence-electron chi connectivity index (χ3n) is 4.90. The van der Waals surface area contributed by atoms with Gasteiger partial charge in [-0.15, -0.1) is 0 Å². The van der Waals surface area contributed by atoms with Gasteiger partial charge in [-0.3, -0.25) is 0 Å². The number of fused-ring (bicyclic) bond motifs is 3. The van der Waals surface area contributed by atoms with Crippen LogP contribution in [0.2, 0.25) is 0 Å². The number of hydrogen-bond acceptors (Lipinski definition) is 5. The lowest BCUT2D eigenvalue weighted by Gasteiger charge is -2.12. The van der Waals surface area contributed by atoms with Crippen molar-refractivity contribution in [2.24, 2.45) is 0 Å². The number of hydrogen-bond donors (Lipinski definition) is 0. The Labute approximate surface area is 156 Å². The number of pyridine rings is 1. The van der Waals surface area contributed by atoms with Crippen molar-refractivity contribution in [1.29, 1.82) is 0 Å². The van der Waals surface area contributed by atoms with Crippen molar-refractivity contribution in [2.45, 2.75) is 44.8 Å². The molecule has 0 amide bonds. The highest BCUT2D eigenvalue weighted by atomic mass is 32.2. The summed E-state index contributed by atoms with van der Waals surface area (Å²) in [4.78, 5) is 4.83. The standard InChI is InChI=1S/C19H21N4O2S/c1-3-5-15-14-10-17-16(24-11-25-17)9-13(14)8-12(2)23(15)18-20-19-22(21-18)6-4-7-26-19/h8-10H,3-7,11H2,1-2H3/q+1. The van der Waals surface area contributed by atoms with Crippen LogP contribution in [0.1, 0.15) is 31.2 Å². The summed E-state index contributed by atoms with van der Waals surface area (Å²) < 4.78 is 15.4. The molecule has 5 rings (SSSR count). The first-order valence-corrected chi connectivity index (χ1v) is 10.1. The summed E-state index contributed by atoms with van der Waals surface area (Å²) in [5.74, 6) is 3.53. The lowest BCUT2D eigenvalue weighted by molar-refractivity contribution is -0.617. The first kappa shape index (κ1) is 15.9. The Morgan fingerprint density at radius 3 is 2.88 bits per heavy atom. The number of aryl methyl sites for hydroxylation is 3. The predicted octanol–water partition coefficient (Wildman–Crippen LogP) is 3.19. The molecule has 0 spiro atoms. The normalized spacial score (nSPS) is 15.5. The Morgan fingerprint density at radius 2 is 2.08 bits per heavy atom. The Hall–Kier alpha value is -2.28. The Bertz CT molecular complexity index is 991. The molecule has 0 fully saturated rings. The fraction of sp³-hybridized carbons (Fsp3) is 0.421. The van der Waals surface area contributed by atoms with Crippen LogP contribution < -0.4 is 14.0 Å². The lowest BCUT2D eigenvalue weighted by atomic mass is 10.0. The maximum absolute atomic E-state index is 5.61. The van der Waals surface area contributed by atoms with Crippen molar-refractivity contribution in [1.82, 2.24) is 14.8 Å². The molecule has 0 aliphatic carbocycles. The van der Waals surface area contributed by atoms with Crippen molar-refractivity contribution in [3.8, 4) is 17.4 Å². The zero-order valence-electron chi connectivity index (χ0n) is 15.0. The number of nitrogens with zero attached hydrogens (tertiary/aromatic N) is 4. The zero-order chi connectivity index (χ0) is 17.7. The molecule has 3 aromatic rings. The van der Waals surface area contributed by atoms with Crippen LogP contribution in [0.3, 0.4) is 0 Å². The monoisotopic (exact) mass is 369 g/mol. The van der Waals surface area contributed by atoms with Gasteiger partial charge in [0.25, 0.3) is 5.16 Å². The molecule has 0 atom stereocenters. The third kappa shape index (κ3) is 2.45. The summed E-state index contributed by atoms with van der Waals surface area (Å²) in [6.45, 7) is 5.56. The van der Waals surface area contributed by atoms with Crippen LogP contribution in [0.4, 0.5) is 0 Å². The Balaban J connectivity index is 1.75. The molecule has 0 unspecified atom stereocenters. The van der Waals surface area contributed by atoms with Crippen LogP contribution in [0.25, 0.3) is 16.7 Å². The molecule has 6 nitrogen and oxygen atoms in total. The van der Waals surface area contributed by atoms with Crippen molar-refractivity contribution in [3.05, 3.63) is 29.6 Å². The van der Waals surface area contributed by atoms with Gasteiger partial charge >= 0.3 is 5.95 Å². The van der Waals surface area contributed by atoms with Gasteiger partial charge in [-0.1, -0.05) is 18.7 Å². The summed E-state index contributed by atoms with van der Waals surface area (Å²) in [7, 11) is 0. The molecule has 2 aliphatic heterocycles. The Kier molecular flexibility index (Phi) is 3.77. The summed E-state index contributed by atoms with van der Waals surface area (Å²) in [6.07, 6.45) is 3.15. The van der Waals surface area contributed by atoms with Gasteiger partial charge < -0.3 is 9.47 Å². The average Bonchev–Trinajstić information content (AvgIpc) is 3.26. The number of thioether (sulfide) groups is 1. The smallest absolute Gasteiger partial charge is 0.454 e. The van der Waals surface area contributed by atoms with Gasteiger partial charge in [-0.05, 0) is 48.3 Å². The molecule has 2 aromatic heterocycles. The van der Waals surface area contributed by atoms with E-state index >= 15 is 0 Å². The maximum atomic E-state index is 5.61. The van der Waals surface area contributed by atoms with Gasteiger partial charge in [0.15, 0.2) is 11.5 Å². The second kappa shape index (κ2) is 6.16. The molecule has 2 aliphatic rings. The first-order chi connectivity index (χ1) is 12.7. The van der Waals surface area contributed by atoms with E-state index in [-0.39, 0.29) is 0 Å². The number of ether oxygens (including phenoxy) is 2. The topological polar surface area (TPSA) is 53.1 Å². The molecule has 4 heterocycles. The molecular formula is C19H21N4O2S+. The van der Waals surface area contributed by atoms with Gasteiger partial charge in [0, 0.05) is 22.7 Å². The van der Waals surface area contributed by atoms with Crippen LogP contribution in [-0.2, 0) is 13.0 Å². The molecule has 1 aromatic carbocycles. The van der Waals surface area contributed by atoms with E-state index in [0.29, 0.717) is 6.79 Å². The molecule has 7 heteroatoms. The van der Waals surface area contributed by atoms with Gasteiger partial charge in [0.2, 0.25) is 6.79 Å². The SMILES string of the molecule is CCCc1c2cc3c(cc2cc(C)[n+]1-c1nc2n(n1)CCCS2)OCO3. The van der Waals surface area contributed by atoms with Crippen LogP contribution >= 0.6 is 11.8 Å². The number of benzene rings is 1. The molecule has 0 N–H and O–H groups in total. The minimum atomic E-state index is 0.292. The van der Waals surface area contributed by atoms with E-state index in [1.165, 1.54) is 16.5 Å². The quantitative estimate of drug-likeness (QED) is 0.664. The highest BCUT2D eigenvalue weighted by molar-refractivity contribution is 7.99. The molecule has 0 saturated carbocycles. The summed E-state index contributed by atoms with van der Waals surface area (Å²) >= 11 is 1.79. The molecule has 26 heavy (non-hydrogen) atoms. The summed E-state index contributed by atoms with van der Waals surface area (Å²) in [6, 6.07) is 6.36. The zero-order valence-corrected chi connectivity index (χ0v) is 15.8. The van der Waals surface area contributed by atoms with Crippen LogP contribution in [0.5, 0.6) is 11.5 Å². The fourth-order valence-electron chi connectivity index (χ4n) is 3.75. The van der Waals surface area contributed by atoms with E-state index in [1.807, 2.05) is 4.68 Å². The Morgan fingerprint density at radius 1 is 1.23 bits per heavy atom. The van der Waals surface area contributed by atoms with Crippen molar-refractivity contribution >= 4 is 22.5 Å². The van der Waals surface area contributed by atoms with Gasteiger partial charge in [-0.2, -0.15) is 9.25 Å². The molecule has 0 saturated heterocycles. The van der Waals surface area contributed by atoms with Crippen LogP contribution in [0.15, 0.2) is 23.4 Å². The first-order valence-electron chi connectivity index (χ1n) is 9.10. The maximum Gasteiger partial charge on any atom is 0.461 e. The van der Waals surface area contributed by atoms with Gasteiger partial charge in [0.1, 0.15) is 0 Å². The predicted molar refractivity (Wildman–Crippen MR) is 99.3 cm³/mol. The number of aromatic nitrogens is 4. The van der Waals surface area contributed by atoms with Crippen molar-refractivity contribution < 1.29 is 14.0 Å². The van der Waals surface area contributed by atoms with Crippen LogP contribution in [0, 0.1) is 6.92 Å². The molecule has 134 valence electrons. The second-order valence-electron chi connectivity index (χ2n) is 6.73. The van der Waals surface area contributed by atoms with Gasteiger partial charge in [0.05, 0.1) is 17.9 Å². The fourth-order valence-corrected chi connectivity index (χ4v) is 4.64. The summed E-state index contributed by atoms with van der Waals surface area (Å²) in [5.41, 5.74) is 2.36. The number of rotatable bonds is 3. The highest BCUT2D eigenvalue weighted by Gasteiger charge is 2.28. The van der Waals surface area contributed by atoms with Crippen molar-refractivity contribution in [2.75, 3.05) is 12.5 Å².